The fourth-order valence-electron chi connectivity index (χ4n) is 2.19. The summed E-state index contributed by atoms with van der Waals surface area (Å²) >= 11 is 0. The van der Waals surface area contributed by atoms with Crippen molar-refractivity contribution in [3.8, 4) is 6.07 Å². The van der Waals surface area contributed by atoms with E-state index in [0.29, 0.717) is 16.6 Å². The first kappa shape index (κ1) is 13.0. The van der Waals surface area contributed by atoms with Crippen LogP contribution in [0.25, 0.3) is 11.0 Å². The molecule has 0 unspecified atom stereocenters. The molecule has 2 aromatic carbocycles. The lowest BCUT2D eigenvalue weighted by molar-refractivity contribution is 0.598. The third kappa shape index (κ3) is 2.39. The zero-order valence-electron chi connectivity index (χ0n) is 11.0. The van der Waals surface area contributed by atoms with Gasteiger partial charge in [0.2, 0.25) is 0 Å². The first-order chi connectivity index (χ1) is 10.2. The molecule has 0 N–H and O–H groups in total. The molecule has 0 spiro atoms. The normalized spacial score (nSPS) is 10.5. The number of hydrogen-bond donors (Lipinski definition) is 0. The second-order valence-electron chi connectivity index (χ2n) is 4.59. The maximum Gasteiger partial charge on any atom is 0.269 e. The Bertz CT molecular complexity index is 925. The second-order valence-corrected chi connectivity index (χ2v) is 4.59. The fourth-order valence-corrected chi connectivity index (χ4v) is 2.19. The van der Waals surface area contributed by atoms with Crippen LogP contribution in [0.1, 0.15) is 11.1 Å². The van der Waals surface area contributed by atoms with E-state index >= 15 is 0 Å². The summed E-state index contributed by atoms with van der Waals surface area (Å²) in [7, 11) is 0. The van der Waals surface area contributed by atoms with Gasteiger partial charge in [-0.1, -0.05) is 18.2 Å². The molecule has 3 rings (SSSR count). The van der Waals surface area contributed by atoms with Crippen LogP contribution in [0.4, 0.5) is 4.39 Å². The lowest BCUT2D eigenvalue weighted by Crippen LogP contribution is -2.21. The number of fused-ring (bicyclic) bond motifs is 1. The standard InChI is InChI=1S/C16H10FN3O/c17-13-7-11(8-18)5-6-12(13)10-20-15-4-2-1-3-14(15)19-9-16(20)21/h1-7,9H,10H2. The molecule has 0 atom stereocenters. The summed E-state index contributed by atoms with van der Waals surface area (Å²) in [5, 5.41) is 8.75. The van der Waals surface area contributed by atoms with Gasteiger partial charge in [-0.3, -0.25) is 4.79 Å². The third-order valence-electron chi connectivity index (χ3n) is 3.26. The lowest BCUT2D eigenvalue weighted by Gasteiger charge is -2.10. The second kappa shape index (κ2) is 5.17. The van der Waals surface area contributed by atoms with Gasteiger partial charge in [0.1, 0.15) is 5.82 Å². The summed E-state index contributed by atoms with van der Waals surface area (Å²) in [5.41, 5.74) is 1.63. The van der Waals surface area contributed by atoms with E-state index in [0.717, 1.165) is 0 Å². The molecule has 5 heteroatoms. The highest BCUT2D eigenvalue weighted by atomic mass is 19.1. The maximum atomic E-state index is 14.0. The highest BCUT2D eigenvalue weighted by Gasteiger charge is 2.08. The monoisotopic (exact) mass is 279 g/mol. The Balaban J connectivity index is 2.12. The number of rotatable bonds is 2. The van der Waals surface area contributed by atoms with E-state index in [9.17, 15) is 9.18 Å². The minimum absolute atomic E-state index is 0.0966. The first-order valence-corrected chi connectivity index (χ1v) is 6.32. The summed E-state index contributed by atoms with van der Waals surface area (Å²) in [4.78, 5) is 16.1. The number of halogens is 1. The summed E-state index contributed by atoms with van der Waals surface area (Å²) in [5.74, 6) is -0.498. The predicted octanol–water partition coefficient (Wildman–Crippen LogP) is 2.46. The van der Waals surface area contributed by atoms with Gasteiger partial charge in [0.25, 0.3) is 5.56 Å². The summed E-state index contributed by atoms with van der Waals surface area (Å²) < 4.78 is 15.4. The van der Waals surface area contributed by atoms with Gasteiger partial charge in [-0.2, -0.15) is 5.26 Å². The quantitative estimate of drug-likeness (QED) is 0.724. The molecule has 0 aliphatic heterocycles. The van der Waals surface area contributed by atoms with Crippen LogP contribution in [0.2, 0.25) is 0 Å². The van der Waals surface area contributed by atoms with Gasteiger partial charge in [0.05, 0.1) is 35.4 Å². The molecule has 0 saturated heterocycles. The molecule has 0 bridgehead atoms. The van der Waals surface area contributed by atoms with Crippen molar-refractivity contribution in [1.29, 1.82) is 5.26 Å². The highest BCUT2D eigenvalue weighted by Crippen LogP contribution is 2.14. The van der Waals surface area contributed by atoms with Crippen molar-refractivity contribution >= 4 is 11.0 Å². The van der Waals surface area contributed by atoms with Crippen molar-refractivity contribution < 1.29 is 4.39 Å². The Kier molecular flexibility index (Phi) is 3.20. The zero-order chi connectivity index (χ0) is 14.8. The highest BCUT2D eigenvalue weighted by molar-refractivity contribution is 5.74. The molecule has 0 fully saturated rings. The molecule has 0 aliphatic rings. The molecular weight excluding hydrogens is 269 g/mol. The molecule has 102 valence electrons. The van der Waals surface area contributed by atoms with E-state index in [2.05, 4.69) is 4.98 Å². The molecule has 0 radical (unpaired) electrons. The minimum atomic E-state index is -0.498. The topological polar surface area (TPSA) is 58.7 Å². The van der Waals surface area contributed by atoms with Crippen molar-refractivity contribution in [2.24, 2.45) is 0 Å². The Morgan fingerprint density at radius 3 is 2.81 bits per heavy atom. The smallest absolute Gasteiger partial charge is 0.269 e. The van der Waals surface area contributed by atoms with E-state index in [1.54, 1.807) is 18.2 Å². The minimum Gasteiger partial charge on any atom is -0.301 e. The van der Waals surface area contributed by atoms with E-state index in [1.807, 2.05) is 12.1 Å². The average molecular weight is 279 g/mol. The van der Waals surface area contributed by atoms with Crippen molar-refractivity contribution in [2.75, 3.05) is 0 Å². The van der Waals surface area contributed by atoms with E-state index in [4.69, 9.17) is 5.26 Å². The van der Waals surface area contributed by atoms with Gasteiger partial charge in [-0.05, 0) is 24.3 Å². The van der Waals surface area contributed by atoms with Crippen molar-refractivity contribution in [3.05, 3.63) is 76.0 Å². The Hall–Kier alpha value is -3.00. The molecule has 21 heavy (non-hydrogen) atoms. The molecular formula is C16H10FN3O. The first-order valence-electron chi connectivity index (χ1n) is 6.32. The molecule has 3 aromatic rings. The number of aromatic nitrogens is 2. The Morgan fingerprint density at radius 1 is 1.24 bits per heavy atom. The van der Waals surface area contributed by atoms with Crippen LogP contribution in [-0.2, 0) is 6.54 Å². The van der Waals surface area contributed by atoms with Crippen molar-refractivity contribution in [1.82, 2.24) is 9.55 Å². The van der Waals surface area contributed by atoms with Crippen LogP contribution < -0.4 is 5.56 Å². The van der Waals surface area contributed by atoms with Crippen molar-refractivity contribution in [2.45, 2.75) is 6.54 Å². The SMILES string of the molecule is N#Cc1ccc(Cn2c(=O)cnc3ccccc32)c(F)c1. The van der Waals surface area contributed by atoms with E-state index in [-0.39, 0.29) is 17.7 Å². The number of benzene rings is 2. The molecule has 4 nitrogen and oxygen atoms in total. The van der Waals surface area contributed by atoms with Crippen LogP contribution in [0, 0.1) is 17.1 Å². The predicted molar refractivity (Wildman–Crippen MR) is 76.2 cm³/mol. The van der Waals surface area contributed by atoms with Gasteiger partial charge in [-0.25, -0.2) is 9.37 Å². The molecule has 0 aliphatic carbocycles. The fraction of sp³-hybridized carbons (Fsp3) is 0.0625. The number of nitrogens with zero attached hydrogens (tertiary/aromatic N) is 3. The summed E-state index contributed by atoms with van der Waals surface area (Å²) in [6.07, 6.45) is 1.23. The van der Waals surface area contributed by atoms with Gasteiger partial charge in [0.15, 0.2) is 0 Å². The molecule has 1 heterocycles. The average Bonchev–Trinajstić information content (AvgIpc) is 2.51. The van der Waals surface area contributed by atoms with Gasteiger partial charge in [-0.15, -0.1) is 0 Å². The van der Waals surface area contributed by atoms with E-state index < -0.39 is 5.82 Å². The Labute approximate surface area is 119 Å². The maximum absolute atomic E-state index is 14.0. The number of para-hydroxylation sites is 2. The molecule has 0 amide bonds. The zero-order valence-corrected chi connectivity index (χ0v) is 11.0. The van der Waals surface area contributed by atoms with Crippen LogP contribution in [0.15, 0.2) is 53.5 Å². The van der Waals surface area contributed by atoms with Gasteiger partial charge in [0, 0.05) is 5.56 Å². The largest absolute Gasteiger partial charge is 0.301 e. The van der Waals surface area contributed by atoms with Crippen LogP contribution in [0.5, 0.6) is 0 Å². The van der Waals surface area contributed by atoms with E-state index in [1.165, 1.54) is 29.0 Å². The summed E-state index contributed by atoms with van der Waals surface area (Å²) in [6, 6.07) is 13.3. The van der Waals surface area contributed by atoms with Crippen LogP contribution in [0.3, 0.4) is 0 Å². The van der Waals surface area contributed by atoms with Gasteiger partial charge >= 0.3 is 0 Å². The molecule has 1 aromatic heterocycles. The number of hydrogen-bond acceptors (Lipinski definition) is 3. The summed E-state index contributed by atoms with van der Waals surface area (Å²) in [6.45, 7) is 0.0966. The third-order valence-corrected chi connectivity index (χ3v) is 3.26. The Morgan fingerprint density at radius 2 is 2.05 bits per heavy atom. The van der Waals surface area contributed by atoms with Gasteiger partial charge < -0.3 is 4.57 Å². The van der Waals surface area contributed by atoms with Crippen molar-refractivity contribution in [3.63, 3.8) is 0 Å². The van der Waals surface area contributed by atoms with Crippen LogP contribution >= 0.6 is 0 Å². The van der Waals surface area contributed by atoms with Crippen LogP contribution in [-0.4, -0.2) is 9.55 Å². The lowest BCUT2D eigenvalue weighted by atomic mass is 10.1. The molecule has 0 saturated carbocycles. The number of nitriles is 1.